The minimum atomic E-state index is -0.0651. The van der Waals surface area contributed by atoms with Gasteiger partial charge in [0.2, 0.25) is 5.91 Å². The number of aromatic nitrogens is 2. The summed E-state index contributed by atoms with van der Waals surface area (Å²) in [7, 11) is 5.85. The number of aryl methyl sites for hydroxylation is 1. The number of benzene rings is 1. The Kier molecular flexibility index (Phi) is 5.19. The zero-order valence-electron chi connectivity index (χ0n) is 14.2. The molecule has 0 saturated heterocycles. The Labute approximate surface area is 132 Å². The highest BCUT2D eigenvalue weighted by Crippen LogP contribution is 2.16. The molecule has 1 heterocycles. The van der Waals surface area contributed by atoms with Crippen molar-refractivity contribution in [3.8, 4) is 0 Å². The van der Waals surface area contributed by atoms with Crippen LogP contribution in [-0.2, 0) is 18.4 Å². The van der Waals surface area contributed by atoms with Crippen LogP contribution in [-0.4, -0.2) is 51.9 Å². The summed E-state index contributed by atoms with van der Waals surface area (Å²) in [6.07, 6.45) is 0.816. The highest BCUT2D eigenvalue weighted by atomic mass is 16.2. The third kappa shape index (κ3) is 3.14. The highest BCUT2D eigenvalue weighted by molar-refractivity contribution is 5.81. The van der Waals surface area contributed by atoms with Crippen LogP contribution in [0.5, 0.6) is 0 Å². The maximum atomic E-state index is 12.7. The van der Waals surface area contributed by atoms with E-state index < -0.39 is 0 Å². The summed E-state index contributed by atoms with van der Waals surface area (Å²) in [5, 5.41) is 0. The number of fused-ring (bicyclic) bond motifs is 1. The van der Waals surface area contributed by atoms with Gasteiger partial charge in [-0.25, -0.2) is 4.98 Å². The molecule has 1 amide bonds. The molecule has 0 saturated carbocycles. The second kappa shape index (κ2) is 6.92. The average molecular weight is 302 g/mol. The number of likely N-dealkylation sites (N-methyl/N-ethyl adjacent to an activating group) is 2. The Bertz CT molecular complexity index is 649. The van der Waals surface area contributed by atoms with Crippen LogP contribution in [0.15, 0.2) is 24.3 Å². The van der Waals surface area contributed by atoms with E-state index in [1.807, 2.05) is 45.4 Å². The lowest BCUT2D eigenvalue weighted by molar-refractivity contribution is -0.135. The Balaban J connectivity index is 2.17. The lowest BCUT2D eigenvalue weighted by Crippen LogP contribution is -2.45. The Morgan fingerprint density at radius 1 is 1.27 bits per heavy atom. The number of carbonyl (C=O) groups is 1. The van der Waals surface area contributed by atoms with Crippen LogP contribution in [0.2, 0.25) is 0 Å². The number of nitrogens with zero attached hydrogens (tertiary/aromatic N) is 4. The van der Waals surface area contributed by atoms with Gasteiger partial charge >= 0.3 is 0 Å². The fourth-order valence-electron chi connectivity index (χ4n) is 2.78. The van der Waals surface area contributed by atoms with E-state index in [0.717, 1.165) is 29.8 Å². The SMILES string of the molecule is CCC(C(=O)N(C)Cc1nc2ccccc2n1C)N(C)CC. The summed E-state index contributed by atoms with van der Waals surface area (Å²) in [5.41, 5.74) is 2.06. The van der Waals surface area contributed by atoms with Gasteiger partial charge in [-0.1, -0.05) is 26.0 Å². The molecular formula is C17H26N4O. The molecule has 1 unspecified atom stereocenters. The van der Waals surface area contributed by atoms with Gasteiger partial charge in [0, 0.05) is 14.1 Å². The van der Waals surface area contributed by atoms with Gasteiger partial charge in [-0.2, -0.15) is 0 Å². The van der Waals surface area contributed by atoms with Gasteiger partial charge in [-0.15, -0.1) is 0 Å². The number of amides is 1. The van der Waals surface area contributed by atoms with Crippen LogP contribution >= 0.6 is 0 Å². The molecule has 2 aromatic rings. The van der Waals surface area contributed by atoms with Crippen molar-refractivity contribution in [1.82, 2.24) is 19.4 Å². The van der Waals surface area contributed by atoms with E-state index >= 15 is 0 Å². The van der Waals surface area contributed by atoms with E-state index in [4.69, 9.17) is 0 Å². The number of para-hydroxylation sites is 2. The molecular weight excluding hydrogens is 276 g/mol. The molecule has 2 rings (SSSR count). The van der Waals surface area contributed by atoms with Crippen molar-refractivity contribution >= 4 is 16.9 Å². The summed E-state index contributed by atoms with van der Waals surface area (Å²) in [4.78, 5) is 21.2. The molecule has 0 aliphatic rings. The number of hydrogen-bond donors (Lipinski definition) is 0. The monoisotopic (exact) mass is 302 g/mol. The van der Waals surface area contributed by atoms with Crippen molar-refractivity contribution < 1.29 is 4.79 Å². The minimum Gasteiger partial charge on any atom is -0.337 e. The molecule has 5 nitrogen and oxygen atoms in total. The lowest BCUT2D eigenvalue weighted by Gasteiger charge is -2.29. The molecule has 0 radical (unpaired) electrons. The first-order valence-electron chi connectivity index (χ1n) is 7.85. The largest absolute Gasteiger partial charge is 0.337 e. The lowest BCUT2D eigenvalue weighted by atomic mass is 10.1. The number of imidazole rings is 1. The quantitative estimate of drug-likeness (QED) is 0.822. The van der Waals surface area contributed by atoms with Crippen LogP contribution in [0.4, 0.5) is 0 Å². The fourth-order valence-corrected chi connectivity index (χ4v) is 2.78. The van der Waals surface area contributed by atoms with E-state index in [0.29, 0.717) is 6.54 Å². The molecule has 0 N–H and O–H groups in total. The zero-order chi connectivity index (χ0) is 16.3. The average Bonchev–Trinajstić information content (AvgIpc) is 2.84. The molecule has 1 aromatic carbocycles. The smallest absolute Gasteiger partial charge is 0.240 e. The summed E-state index contributed by atoms with van der Waals surface area (Å²) in [6, 6.07) is 7.97. The van der Waals surface area contributed by atoms with Gasteiger partial charge in [-0.05, 0) is 32.1 Å². The van der Waals surface area contributed by atoms with E-state index in [-0.39, 0.29) is 11.9 Å². The molecule has 0 spiro atoms. The number of hydrogen-bond acceptors (Lipinski definition) is 3. The summed E-state index contributed by atoms with van der Waals surface area (Å²) >= 11 is 0. The molecule has 0 bridgehead atoms. The van der Waals surface area contributed by atoms with Crippen molar-refractivity contribution in [2.24, 2.45) is 7.05 Å². The maximum Gasteiger partial charge on any atom is 0.240 e. The topological polar surface area (TPSA) is 41.4 Å². The first kappa shape index (κ1) is 16.5. The second-order valence-electron chi connectivity index (χ2n) is 5.77. The molecule has 1 aromatic heterocycles. The first-order chi connectivity index (χ1) is 10.5. The van der Waals surface area contributed by atoms with Gasteiger partial charge in [0.1, 0.15) is 5.82 Å². The minimum absolute atomic E-state index is 0.0651. The van der Waals surface area contributed by atoms with Gasteiger partial charge in [-0.3, -0.25) is 9.69 Å². The standard InChI is InChI=1S/C17H26N4O/c1-6-14(19(3)7-2)17(22)20(4)12-16-18-13-10-8-9-11-15(13)21(16)5/h8-11,14H,6-7,12H2,1-5H3. The van der Waals surface area contributed by atoms with Gasteiger partial charge < -0.3 is 9.47 Å². The van der Waals surface area contributed by atoms with Crippen molar-refractivity contribution in [2.75, 3.05) is 20.6 Å². The normalized spacial score (nSPS) is 12.8. The molecule has 0 fully saturated rings. The number of rotatable bonds is 6. The fraction of sp³-hybridized carbons (Fsp3) is 0.529. The first-order valence-corrected chi connectivity index (χ1v) is 7.85. The Morgan fingerprint density at radius 3 is 2.55 bits per heavy atom. The third-order valence-electron chi connectivity index (χ3n) is 4.34. The van der Waals surface area contributed by atoms with E-state index in [9.17, 15) is 4.79 Å². The van der Waals surface area contributed by atoms with Gasteiger partial charge in [0.25, 0.3) is 0 Å². The van der Waals surface area contributed by atoms with Crippen LogP contribution < -0.4 is 0 Å². The van der Waals surface area contributed by atoms with Crippen molar-refractivity contribution in [1.29, 1.82) is 0 Å². The van der Waals surface area contributed by atoms with E-state index in [1.165, 1.54) is 0 Å². The predicted molar refractivity (Wildman–Crippen MR) is 89.6 cm³/mol. The van der Waals surface area contributed by atoms with Crippen LogP contribution in [0.3, 0.4) is 0 Å². The summed E-state index contributed by atoms with van der Waals surface area (Å²) in [6.45, 7) is 5.52. The van der Waals surface area contributed by atoms with Crippen LogP contribution in [0.1, 0.15) is 26.1 Å². The van der Waals surface area contributed by atoms with Gasteiger partial charge in [0.05, 0.1) is 23.6 Å². The molecule has 22 heavy (non-hydrogen) atoms. The Hall–Kier alpha value is -1.88. The summed E-state index contributed by atoms with van der Waals surface area (Å²) < 4.78 is 2.06. The number of carbonyl (C=O) groups excluding carboxylic acids is 1. The second-order valence-corrected chi connectivity index (χ2v) is 5.77. The van der Waals surface area contributed by atoms with Crippen molar-refractivity contribution in [3.05, 3.63) is 30.1 Å². The summed E-state index contributed by atoms with van der Waals surface area (Å²) in [5.74, 6) is 1.06. The zero-order valence-corrected chi connectivity index (χ0v) is 14.2. The van der Waals surface area contributed by atoms with E-state index in [2.05, 4.69) is 28.3 Å². The molecule has 1 atom stereocenters. The molecule has 0 aliphatic heterocycles. The van der Waals surface area contributed by atoms with Crippen LogP contribution in [0, 0.1) is 0 Å². The predicted octanol–water partition coefficient (Wildman–Crippen LogP) is 2.26. The van der Waals surface area contributed by atoms with E-state index in [1.54, 1.807) is 4.90 Å². The highest BCUT2D eigenvalue weighted by Gasteiger charge is 2.24. The molecule has 120 valence electrons. The van der Waals surface area contributed by atoms with Crippen LogP contribution in [0.25, 0.3) is 11.0 Å². The van der Waals surface area contributed by atoms with Crippen molar-refractivity contribution in [3.63, 3.8) is 0 Å². The third-order valence-corrected chi connectivity index (χ3v) is 4.34. The maximum absolute atomic E-state index is 12.7. The molecule has 5 heteroatoms. The molecule has 0 aliphatic carbocycles. The van der Waals surface area contributed by atoms with Gasteiger partial charge in [0.15, 0.2) is 0 Å². The Morgan fingerprint density at radius 2 is 1.95 bits per heavy atom. The van der Waals surface area contributed by atoms with Crippen molar-refractivity contribution in [2.45, 2.75) is 32.9 Å².